The van der Waals surface area contributed by atoms with Crippen molar-refractivity contribution < 1.29 is 0 Å². The molecule has 1 aliphatic rings. The van der Waals surface area contributed by atoms with Crippen LogP contribution >= 0.6 is 23.5 Å². The Bertz CT molecular complexity index is 196. The molecule has 0 amide bonds. The summed E-state index contributed by atoms with van der Waals surface area (Å²) >= 11 is 2.69. The number of nitrogens with two attached hydrogens (primary N) is 1. The van der Waals surface area contributed by atoms with Gasteiger partial charge < -0.3 is 5.73 Å². The van der Waals surface area contributed by atoms with Crippen LogP contribution in [0.25, 0.3) is 0 Å². The van der Waals surface area contributed by atoms with E-state index in [0.717, 1.165) is 0 Å². The standard InChI is InChI=1S/C5H7N3S2/c1-3-4(9-2-6)10-5(7)8-3/h3-4H,1H3,(H2,7,8). The van der Waals surface area contributed by atoms with Crippen molar-refractivity contribution in [3.63, 3.8) is 0 Å². The smallest absolute Gasteiger partial charge is 0.155 e. The second-order valence-corrected chi connectivity index (χ2v) is 4.29. The normalized spacial score (nSPS) is 31.4. The minimum atomic E-state index is 0.176. The van der Waals surface area contributed by atoms with Gasteiger partial charge in [0, 0.05) is 0 Å². The molecular weight excluding hydrogens is 166 g/mol. The van der Waals surface area contributed by atoms with Gasteiger partial charge in [-0.3, -0.25) is 4.99 Å². The molecule has 2 unspecified atom stereocenters. The number of aliphatic imine (C=N–C) groups is 1. The van der Waals surface area contributed by atoms with Crippen molar-refractivity contribution in [3.8, 4) is 5.40 Å². The molecule has 2 N–H and O–H groups in total. The summed E-state index contributed by atoms with van der Waals surface area (Å²) in [5.41, 5.74) is 5.44. The summed E-state index contributed by atoms with van der Waals surface area (Å²) in [6.45, 7) is 1.96. The number of thioether (sulfide) groups is 2. The largest absolute Gasteiger partial charge is 0.378 e. The molecule has 10 heavy (non-hydrogen) atoms. The molecule has 0 saturated heterocycles. The molecule has 0 saturated carbocycles. The quantitative estimate of drug-likeness (QED) is 0.600. The van der Waals surface area contributed by atoms with E-state index in [1.165, 1.54) is 23.5 Å². The lowest BCUT2D eigenvalue weighted by atomic mass is 10.4. The number of nitriles is 1. The molecule has 0 aromatic rings. The molecule has 0 bridgehead atoms. The van der Waals surface area contributed by atoms with Gasteiger partial charge in [0.15, 0.2) is 5.17 Å². The number of amidine groups is 1. The molecule has 5 heteroatoms. The molecule has 0 spiro atoms. The van der Waals surface area contributed by atoms with Crippen molar-refractivity contribution >= 4 is 28.7 Å². The van der Waals surface area contributed by atoms with Gasteiger partial charge in [0.25, 0.3) is 0 Å². The lowest BCUT2D eigenvalue weighted by molar-refractivity contribution is 0.836. The molecule has 0 aromatic heterocycles. The van der Waals surface area contributed by atoms with Gasteiger partial charge in [-0.25, -0.2) is 0 Å². The van der Waals surface area contributed by atoms with Gasteiger partial charge in [-0.2, -0.15) is 5.26 Å². The molecule has 0 aliphatic carbocycles. The summed E-state index contributed by atoms with van der Waals surface area (Å²) < 4.78 is 0.199. The number of hydrogen-bond donors (Lipinski definition) is 1. The monoisotopic (exact) mass is 173 g/mol. The average Bonchev–Trinajstić information content (AvgIpc) is 2.13. The number of hydrogen-bond acceptors (Lipinski definition) is 5. The van der Waals surface area contributed by atoms with Gasteiger partial charge in [-0.15, -0.1) is 0 Å². The first-order valence-corrected chi connectivity index (χ1v) is 4.54. The molecule has 0 radical (unpaired) electrons. The van der Waals surface area contributed by atoms with E-state index in [-0.39, 0.29) is 10.6 Å². The topological polar surface area (TPSA) is 62.2 Å². The first-order chi connectivity index (χ1) is 4.74. The zero-order valence-corrected chi connectivity index (χ0v) is 7.08. The van der Waals surface area contributed by atoms with E-state index in [1.54, 1.807) is 0 Å². The first kappa shape index (κ1) is 7.76. The minimum absolute atomic E-state index is 0.176. The molecular formula is C5H7N3S2. The van der Waals surface area contributed by atoms with E-state index < -0.39 is 0 Å². The first-order valence-electron chi connectivity index (χ1n) is 2.78. The molecule has 1 heterocycles. The summed E-state index contributed by atoms with van der Waals surface area (Å²) in [6.07, 6.45) is 0. The summed E-state index contributed by atoms with van der Waals surface area (Å²) in [5, 5.41) is 11.0. The second-order valence-electron chi connectivity index (χ2n) is 1.90. The third kappa shape index (κ3) is 1.58. The Hall–Kier alpha value is -0.340. The third-order valence-corrected chi connectivity index (χ3v) is 3.41. The number of rotatable bonds is 1. The maximum atomic E-state index is 8.34. The van der Waals surface area contributed by atoms with Crippen molar-refractivity contribution in [3.05, 3.63) is 0 Å². The van der Waals surface area contributed by atoms with Crippen LogP contribution in [0.1, 0.15) is 6.92 Å². The highest BCUT2D eigenvalue weighted by atomic mass is 32.2. The lowest BCUT2D eigenvalue weighted by Gasteiger charge is -2.04. The fourth-order valence-electron chi connectivity index (χ4n) is 0.684. The maximum absolute atomic E-state index is 8.34. The zero-order valence-electron chi connectivity index (χ0n) is 5.44. The molecule has 54 valence electrons. The zero-order chi connectivity index (χ0) is 7.56. The lowest BCUT2D eigenvalue weighted by Crippen LogP contribution is -2.07. The van der Waals surface area contributed by atoms with E-state index in [4.69, 9.17) is 11.0 Å². The van der Waals surface area contributed by atoms with Crippen LogP contribution < -0.4 is 5.73 Å². The van der Waals surface area contributed by atoms with Gasteiger partial charge in [-0.1, -0.05) is 11.8 Å². The highest BCUT2D eigenvalue weighted by Crippen LogP contribution is 2.32. The van der Waals surface area contributed by atoms with Crippen molar-refractivity contribution in [2.24, 2.45) is 10.7 Å². The van der Waals surface area contributed by atoms with Crippen LogP contribution in [0.2, 0.25) is 0 Å². The van der Waals surface area contributed by atoms with E-state index >= 15 is 0 Å². The maximum Gasteiger partial charge on any atom is 0.155 e. The molecule has 2 atom stereocenters. The Morgan fingerprint density at radius 1 is 1.90 bits per heavy atom. The molecule has 1 aliphatic heterocycles. The van der Waals surface area contributed by atoms with Gasteiger partial charge >= 0.3 is 0 Å². The van der Waals surface area contributed by atoms with Gasteiger partial charge in [-0.05, 0) is 18.7 Å². The van der Waals surface area contributed by atoms with Crippen LogP contribution in [0, 0.1) is 10.7 Å². The van der Waals surface area contributed by atoms with E-state index in [1.807, 2.05) is 12.3 Å². The van der Waals surface area contributed by atoms with Crippen LogP contribution in [0.15, 0.2) is 4.99 Å². The Morgan fingerprint density at radius 3 is 3.00 bits per heavy atom. The van der Waals surface area contributed by atoms with Crippen LogP contribution in [0.4, 0.5) is 0 Å². The van der Waals surface area contributed by atoms with Gasteiger partial charge in [0.2, 0.25) is 0 Å². The van der Waals surface area contributed by atoms with Crippen LogP contribution in [0.3, 0.4) is 0 Å². The predicted molar refractivity (Wildman–Crippen MR) is 45.7 cm³/mol. The Labute approximate surface area is 68.1 Å². The van der Waals surface area contributed by atoms with Crippen molar-refractivity contribution in [1.29, 1.82) is 5.26 Å². The Balaban J connectivity index is 2.49. The molecule has 3 nitrogen and oxygen atoms in total. The van der Waals surface area contributed by atoms with Crippen molar-refractivity contribution in [2.75, 3.05) is 0 Å². The molecule has 1 rings (SSSR count). The molecule has 0 fully saturated rings. The summed E-state index contributed by atoms with van der Waals surface area (Å²) in [6, 6.07) is 0.176. The minimum Gasteiger partial charge on any atom is -0.378 e. The van der Waals surface area contributed by atoms with Gasteiger partial charge in [0.05, 0.1) is 10.6 Å². The predicted octanol–water partition coefficient (Wildman–Crippen LogP) is 0.977. The SMILES string of the molecule is CC1N=C(N)SC1SC#N. The fourth-order valence-corrected chi connectivity index (χ4v) is 2.39. The van der Waals surface area contributed by atoms with Crippen molar-refractivity contribution in [2.45, 2.75) is 17.5 Å². The number of nitrogens with zero attached hydrogens (tertiary/aromatic N) is 2. The third-order valence-electron chi connectivity index (χ3n) is 1.13. The summed E-state index contributed by atoms with van der Waals surface area (Å²) in [4.78, 5) is 4.07. The van der Waals surface area contributed by atoms with Crippen LogP contribution in [-0.2, 0) is 0 Å². The summed E-state index contributed by atoms with van der Waals surface area (Å²) in [5.74, 6) is 0. The molecule has 0 aromatic carbocycles. The van der Waals surface area contributed by atoms with E-state index in [2.05, 4.69) is 4.99 Å². The number of thiocyanates is 1. The van der Waals surface area contributed by atoms with Crippen LogP contribution in [0.5, 0.6) is 0 Å². The fraction of sp³-hybridized carbons (Fsp3) is 0.600. The average molecular weight is 173 g/mol. The second kappa shape index (κ2) is 3.17. The van der Waals surface area contributed by atoms with Gasteiger partial charge in [0.1, 0.15) is 5.40 Å². The van der Waals surface area contributed by atoms with E-state index in [9.17, 15) is 0 Å². The Morgan fingerprint density at radius 2 is 2.60 bits per heavy atom. The van der Waals surface area contributed by atoms with Crippen molar-refractivity contribution in [1.82, 2.24) is 0 Å². The highest BCUT2D eigenvalue weighted by Gasteiger charge is 2.25. The van der Waals surface area contributed by atoms with E-state index in [0.29, 0.717) is 5.17 Å². The Kier molecular flexibility index (Phi) is 2.46. The summed E-state index contributed by atoms with van der Waals surface area (Å²) in [7, 11) is 0. The highest BCUT2D eigenvalue weighted by molar-refractivity contribution is 8.26. The van der Waals surface area contributed by atoms with Crippen LogP contribution in [-0.4, -0.2) is 15.8 Å².